The van der Waals surface area contributed by atoms with E-state index in [1.807, 2.05) is 48.6 Å². The molecule has 0 saturated carbocycles. The first-order chi connectivity index (χ1) is 11.1. The van der Waals surface area contributed by atoms with Crippen LogP contribution in [0.3, 0.4) is 0 Å². The summed E-state index contributed by atoms with van der Waals surface area (Å²) in [5.41, 5.74) is 1.81. The first kappa shape index (κ1) is 14.8. The van der Waals surface area contributed by atoms with E-state index in [2.05, 4.69) is 0 Å². The molecule has 0 unspecified atom stereocenters. The first-order valence-electron chi connectivity index (χ1n) is 7.26. The Morgan fingerprint density at radius 2 is 1.74 bits per heavy atom. The standard InChI is InChI=1S/C19H15NO3/c21-19-16(11-10-15-5-1-2-7-18(15)19)6-3-4-14-8-12-17(13-9-14)20(22)23/h1-5,7-13,21H,6H2/b4-3+. The first-order valence-corrected chi connectivity index (χ1v) is 7.26. The molecule has 114 valence electrons. The van der Waals surface area contributed by atoms with Gasteiger partial charge in [0, 0.05) is 17.5 Å². The van der Waals surface area contributed by atoms with Crippen LogP contribution < -0.4 is 0 Å². The Bertz CT molecular complexity index is 883. The zero-order valence-electron chi connectivity index (χ0n) is 12.3. The molecule has 0 radical (unpaired) electrons. The molecule has 4 nitrogen and oxygen atoms in total. The highest BCUT2D eigenvalue weighted by atomic mass is 16.6. The molecule has 3 rings (SSSR count). The van der Waals surface area contributed by atoms with E-state index in [1.165, 1.54) is 12.1 Å². The number of nitrogens with zero attached hydrogens (tertiary/aromatic N) is 1. The molecule has 4 heteroatoms. The molecule has 3 aromatic rings. The van der Waals surface area contributed by atoms with Gasteiger partial charge in [0.15, 0.2) is 0 Å². The van der Waals surface area contributed by atoms with Crippen molar-refractivity contribution >= 4 is 22.5 Å². The summed E-state index contributed by atoms with van der Waals surface area (Å²) in [6.45, 7) is 0. The number of benzene rings is 3. The Balaban J connectivity index is 1.77. The van der Waals surface area contributed by atoms with Gasteiger partial charge in [-0.3, -0.25) is 10.1 Å². The molecule has 0 atom stereocenters. The molecule has 0 aliphatic rings. The molecule has 0 aromatic heterocycles. The number of fused-ring (bicyclic) bond motifs is 1. The maximum Gasteiger partial charge on any atom is 0.269 e. The van der Waals surface area contributed by atoms with Crippen molar-refractivity contribution in [2.24, 2.45) is 0 Å². The molecule has 0 saturated heterocycles. The molecule has 0 spiro atoms. The lowest BCUT2D eigenvalue weighted by atomic mass is 10.0. The van der Waals surface area contributed by atoms with Crippen molar-refractivity contribution in [1.29, 1.82) is 0 Å². The third kappa shape index (κ3) is 3.21. The number of rotatable bonds is 4. The lowest BCUT2D eigenvalue weighted by molar-refractivity contribution is -0.384. The number of phenolic OH excluding ortho intramolecular Hbond substituents is 1. The summed E-state index contributed by atoms with van der Waals surface area (Å²) in [7, 11) is 0. The van der Waals surface area contributed by atoms with Gasteiger partial charge in [0.2, 0.25) is 0 Å². The highest BCUT2D eigenvalue weighted by Gasteiger charge is 2.05. The summed E-state index contributed by atoms with van der Waals surface area (Å²) in [5.74, 6) is 0.302. The van der Waals surface area contributed by atoms with E-state index < -0.39 is 4.92 Å². The molecule has 0 bridgehead atoms. The predicted octanol–water partition coefficient (Wildman–Crippen LogP) is 4.71. The molecule has 3 aromatic carbocycles. The highest BCUT2D eigenvalue weighted by molar-refractivity contribution is 5.89. The number of hydrogen-bond donors (Lipinski definition) is 1. The molecule has 0 aliphatic heterocycles. The fourth-order valence-corrected chi connectivity index (χ4v) is 2.49. The van der Waals surface area contributed by atoms with Crippen molar-refractivity contribution in [2.75, 3.05) is 0 Å². The highest BCUT2D eigenvalue weighted by Crippen LogP contribution is 2.29. The summed E-state index contributed by atoms with van der Waals surface area (Å²) in [6.07, 6.45) is 4.41. The van der Waals surface area contributed by atoms with Crippen LogP contribution in [-0.2, 0) is 6.42 Å². The third-order valence-corrected chi connectivity index (χ3v) is 3.74. The largest absolute Gasteiger partial charge is 0.507 e. The zero-order valence-corrected chi connectivity index (χ0v) is 12.3. The monoisotopic (exact) mass is 305 g/mol. The smallest absolute Gasteiger partial charge is 0.269 e. The Morgan fingerprint density at radius 1 is 1.00 bits per heavy atom. The summed E-state index contributed by atoms with van der Waals surface area (Å²) in [4.78, 5) is 10.2. The van der Waals surface area contributed by atoms with Crippen molar-refractivity contribution in [1.82, 2.24) is 0 Å². The number of non-ortho nitro benzene ring substituents is 1. The maximum atomic E-state index is 10.6. The van der Waals surface area contributed by atoms with Crippen LogP contribution in [0.4, 0.5) is 5.69 Å². The molecule has 0 amide bonds. The summed E-state index contributed by atoms with van der Waals surface area (Å²) in [5, 5.41) is 22.8. The number of aromatic hydroxyl groups is 1. The van der Waals surface area contributed by atoms with Crippen molar-refractivity contribution in [3.8, 4) is 5.75 Å². The van der Waals surface area contributed by atoms with Gasteiger partial charge >= 0.3 is 0 Å². The van der Waals surface area contributed by atoms with Gasteiger partial charge < -0.3 is 5.11 Å². The van der Waals surface area contributed by atoms with Crippen LogP contribution in [0, 0.1) is 10.1 Å². The molecule has 1 N–H and O–H groups in total. The minimum Gasteiger partial charge on any atom is -0.507 e. The number of nitro benzene ring substituents is 1. The second-order valence-electron chi connectivity index (χ2n) is 5.25. The van der Waals surface area contributed by atoms with Gasteiger partial charge in [-0.05, 0) is 35.1 Å². The number of phenols is 1. The van der Waals surface area contributed by atoms with Gasteiger partial charge in [0.25, 0.3) is 5.69 Å². The van der Waals surface area contributed by atoms with Crippen molar-refractivity contribution in [2.45, 2.75) is 6.42 Å². The number of allylic oxidation sites excluding steroid dienone is 1. The molecule has 0 heterocycles. The summed E-state index contributed by atoms with van der Waals surface area (Å²) < 4.78 is 0. The van der Waals surface area contributed by atoms with E-state index in [-0.39, 0.29) is 5.69 Å². The third-order valence-electron chi connectivity index (χ3n) is 3.74. The Hall–Kier alpha value is -3.14. The fraction of sp³-hybridized carbons (Fsp3) is 0.0526. The molecule has 0 fully saturated rings. The molecular weight excluding hydrogens is 290 g/mol. The number of hydrogen-bond acceptors (Lipinski definition) is 3. The average molecular weight is 305 g/mol. The van der Waals surface area contributed by atoms with Gasteiger partial charge in [-0.15, -0.1) is 0 Å². The topological polar surface area (TPSA) is 63.4 Å². The van der Waals surface area contributed by atoms with E-state index in [4.69, 9.17) is 0 Å². The summed E-state index contributed by atoms with van der Waals surface area (Å²) in [6, 6.07) is 18.0. The van der Waals surface area contributed by atoms with Crippen molar-refractivity contribution in [3.05, 3.63) is 88.0 Å². The molecule has 23 heavy (non-hydrogen) atoms. The second-order valence-corrected chi connectivity index (χ2v) is 5.25. The van der Waals surface area contributed by atoms with Crippen LogP contribution in [0.15, 0.2) is 66.7 Å². The quantitative estimate of drug-likeness (QED) is 0.561. The normalized spacial score (nSPS) is 11.1. The number of nitro groups is 1. The van der Waals surface area contributed by atoms with Crippen molar-refractivity contribution in [3.63, 3.8) is 0 Å². The van der Waals surface area contributed by atoms with Gasteiger partial charge in [0.05, 0.1) is 4.92 Å². The van der Waals surface area contributed by atoms with E-state index in [1.54, 1.807) is 12.1 Å². The van der Waals surface area contributed by atoms with Gasteiger partial charge in [-0.25, -0.2) is 0 Å². The second kappa shape index (κ2) is 6.32. The van der Waals surface area contributed by atoms with Gasteiger partial charge in [0.1, 0.15) is 5.75 Å². The summed E-state index contributed by atoms with van der Waals surface area (Å²) >= 11 is 0. The van der Waals surface area contributed by atoms with E-state index >= 15 is 0 Å². The average Bonchev–Trinajstić information content (AvgIpc) is 2.57. The van der Waals surface area contributed by atoms with E-state index in [0.717, 1.165) is 21.9 Å². The van der Waals surface area contributed by atoms with Crippen LogP contribution in [0.1, 0.15) is 11.1 Å². The lowest BCUT2D eigenvalue weighted by Gasteiger charge is -2.06. The minimum absolute atomic E-state index is 0.0781. The predicted molar refractivity (Wildman–Crippen MR) is 91.4 cm³/mol. The Kier molecular flexibility index (Phi) is 4.06. The van der Waals surface area contributed by atoms with Gasteiger partial charge in [-0.1, -0.05) is 48.6 Å². The van der Waals surface area contributed by atoms with Gasteiger partial charge in [-0.2, -0.15) is 0 Å². The van der Waals surface area contributed by atoms with E-state index in [0.29, 0.717) is 12.2 Å². The molecule has 0 aliphatic carbocycles. The van der Waals surface area contributed by atoms with Crippen LogP contribution in [0.25, 0.3) is 16.8 Å². The van der Waals surface area contributed by atoms with Crippen molar-refractivity contribution < 1.29 is 10.0 Å². The maximum absolute atomic E-state index is 10.6. The molecular formula is C19H15NO3. The fourth-order valence-electron chi connectivity index (χ4n) is 2.49. The Morgan fingerprint density at radius 3 is 2.48 bits per heavy atom. The van der Waals surface area contributed by atoms with Crippen LogP contribution >= 0.6 is 0 Å². The SMILES string of the molecule is O=[N+]([O-])c1ccc(/C=C/Cc2ccc3ccccc3c2O)cc1. The lowest BCUT2D eigenvalue weighted by Crippen LogP contribution is -1.87. The van der Waals surface area contributed by atoms with Crippen LogP contribution in [-0.4, -0.2) is 10.0 Å². The minimum atomic E-state index is -0.416. The zero-order chi connectivity index (χ0) is 16.2. The Labute approximate surface area is 133 Å². The van der Waals surface area contributed by atoms with E-state index in [9.17, 15) is 15.2 Å². The van der Waals surface area contributed by atoms with Crippen LogP contribution in [0.5, 0.6) is 5.75 Å². The van der Waals surface area contributed by atoms with Crippen LogP contribution in [0.2, 0.25) is 0 Å².